The quantitative estimate of drug-likeness (QED) is 0.673. The first-order chi connectivity index (χ1) is 12.3. The van der Waals surface area contributed by atoms with Crippen molar-refractivity contribution in [1.82, 2.24) is 10.3 Å². The molecule has 0 atom stereocenters. The number of ether oxygens (including phenoxy) is 1. The number of amides is 1. The van der Waals surface area contributed by atoms with E-state index in [1.54, 1.807) is 0 Å². The van der Waals surface area contributed by atoms with Gasteiger partial charge in [-0.2, -0.15) is 0 Å². The lowest BCUT2D eigenvalue weighted by Gasteiger charge is -2.21. The van der Waals surface area contributed by atoms with Gasteiger partial charge in [-0.15, -0.1) is 0 Å². The summed E-state index contributed by atoms with van der Waals surface area (Å²) in [6, 6.07) is 11.6. The third-order valence-electron chi connectivity index (χ3n) is 4.33. The van der Waals surface area contributed by atoms with Crippen LogP contribution in [0.4, 0.5) is 5.95 Å². The van der Waals surface area contributed by atoms with Crippen molar-refractivity contribution >= 4 is 17.4 Å². The number of imidazole rings is 1. The molecule has 0 saturated carbocycles. The molecule has 128 valence electrons. The van der Waals surface area contributed by atoms with Crippen LogP contribution in [0.25, 0.3) is 5.52 Å². The second-order valence-electron chi connectivity index (χ2n) is 5.95. The van der Waals surface area contributed by atoms with Crippen molar-refractivity contribution in [3.05, 3.63) is 60.2 Å². The van der Waals surface area contributed by atoms with E-state index < -0.39 is 0 Å². The fourth-order valence-electron chi connectivity index (χ4n) is 3.05. The van der Waals surface area contributed by atoms with Crippen molar-refractivity contribution in [2.45, 2.75) is 6.54 Å². The molecule has 0 spiro atoms. The Hall–Kier alpha value is -2.93. The molecule has 3 N–H and O–H groups in total. The number of carbonyl (C=O) groups excluding carboxylic acids is 1. The molecule has 0 aromatic carbocycles. The predicted molar refractivity (Wildman–Crippen MR) is 91.2 cm³/mol. The summed E-state index contributed by atoms with van der Waals surface area (Å²) in [5.41, 5.74) is 2.38. The maximum absolute atomic E-state index is 12.7. The molecule has 4 rings (SSSR count). The smallest absolute Gasteiger partial charge is 0.363 e. The molecule has 0 radical (unpaired) electrons. The second kappa shape index (κ2) is 6.90. The fraction of sp³-hybridized carbons (Fsp3) is 0.278. The van der Waals surface area contributed by atoms with Gasteiger partial charge in [0.25, 0.3) is 5.91 Å². The number of nitrogens with one attached hydrogen (secondary N) is 3. The van der Waals surface area contributed by atoms with Gasteiger partial charge in [-0.3, -0.25) is 9.69 Å². The third kappa shape index (κ3) is 3.18. The van der Waals surface area contributed by atoms with Crippen LogP contribution in [-0.2, 0) is 11.3 Å². The summed E-state index contributed by atoms with van der Waals surface area (Å²) in [5.74, 6) is 0.788. The Balaban J connectivity index is 1.61. The second-order valence-corrected chi connectivity index (χ2v) is 5.95. The molecule has 1 saturated heterocycles. The number of nitrogens with zero attached hydrogens (tertiary/aromatic N) is 2. The van der Waals surface area contributed by atoms with Gasteiger partial charge in [0.05, 0.1) is 32.5 Å². The van der Waals surface area contributed by atoms with E-state index in [2.05, 4.69) is 20.2 Å². The van der Waals surface area contributed by atoms with Gasteiger partial charge in [-0.05, 0) is 12.1 Å². The lowest BCUT2D eigenvalue weighted by Crippen LogP contribution is -2.41. The van der Waals surface area contributed by atoms with E-state index >= 15 is 0 Å². The van der Waals surface area contributed by atoms with E-state index in [0.717, 1.165) is 30.2 Å². The summed E-state index contributed by atoms with van der Waals surface area (Å²) in [4.78, 5) is 21.3. The largest absolute Gasteiger partial charge is 0.375 e. The molecule has 3 aromatic heterocycles. The average Bonchev–Trinajstić information content (AvgIpc) is 3.07. The molecule has 1 fully saturated rings. The molecule has 1 aliphatic rings. The molecule has 7 heteroatoms. The molecular weight excluding hydrogens is 318 g/mol. The minimum absolute atomic E-state index is 0.125. The van der Waals surface area contributed by atoms with Crippen LogP contribution in [0.3, 0.4) is 0 Å². The van der Waals surface area contributed by atoms with Gasteiger partial charge in [0.15, 0.2) is 17.4 Å². The lowest BCUT2D eigenvalue weighted by molar-refractivity contribution is -0.497. The van der Waals surface area contributed by atoms with Crippen LogP contribution in [-0.4, -0.2) is 37.2 Å². The van der Waals surface area contributed by atoms with Gasteiger partial charge in [-0.1, -0.05) is 12.1 Å². The van der Waals surface area contributed by atoms with Crippen LogP contribution in [0, 0.1) is 0 Å². The third-order valence-corrected chi connectivity index (χ3v) is 4.33. The number of aromatic amines is 2. The summed E-state index contributed by atoms with van der Waals surface area (Å²) < 4.78 is 7.45. The van der Waals surface area contributed by atoms with E-state index in [1.807, 2.05) is 53.2 Å². The zero-order valence-electron chi connectivity index (χ0n) is 13.9. The van der Waals surface area contributed by atoms with E-state index in [1.165, 1.54) is 0 Å². The number of hydrogen-bond acceptors (Lipinski definition) is 3. The molecule has 0 bridgehead atoms. The first-order valence-electron chi connectivity index (χ1n) is 8.42. The first-order valence-corrected chi connectivity index (χ1v) is 8.42. The standard InChI is InChI=1S/C18H19N5O2/c24-17(20-13-14-5-1-3-7-19-14)16-15-6-2-4-8-23(15)18(21-16)22-9-11-25-12-10-22/h1-8H,9-13H2,(H,20,24)/p+2. The molecule has 0 aliphatic carbocycles. The van der Waals surface area contributed by atoms with Crippen LogP contribution in [0.5, 0.6) is 0 Å². The van der Waals surface area contributed by atoms with Gasteiger partial charge < -0.3 is 10.1 Å². The highest BCUT2D eigenvalue weighted by molar-refractivity contribution is 5.98. The number of morpholine rings is 1. The number of carbonyl (C=O) groups is 1. The van der Waals surface area contributed by atoms with Crippen LogP contribution in [0.1, 0.15) is 16.2 Å². The predicted octanol–water partition coefficient (Wildman–Crippen LogP) is 0.334. The number of H-pyrrole nitrogens is 2. The number of anilines is 1. The summed E-state index contributed by atoms with van der Waals surface area (Å²) in [6.45, 7) is 3.44. The topological polar surface area (TPSA) is 75.6 Å². The van der Waals surface area contributed by atoms with Gasteiger partial charge >= 0.3 is 5.95 Å². The Labute approximate surface area is 145 Å². The number of fused-ring (bicyclic) bond motifs is 1. The van der Waals surface area contributed by atoms with E-state index in [4.69, 9.17) is 4.74 Å². The van der Waals surface area contributed by atoms with Crippen molar-refractivity contribution in [2.24, 2.45) is 0 Å². The molecule has 7 nitrogen and oxygen atoms in total. The molecule has 4 heterocycles. The highest BCUT2D eigenvalue weighted by Gasteiger charge is 2.28. The minimum atomic E-state index is -0.125. The maximum atomic E-state index is 12.7. The van der Waals surface area contributed by atoms with E-state index in [0.29, 0.717) is 25.5 Å². The van der Waals surface area contributed by atoms with Crippen LogP contribution < -0.4 is 19.6 Å². The molecule has 1 aliphatic heterocycles. The Morgan fingerprint density at radius 1 is 1.24 bits per heavy atom. The summed E-state index contributed by atoms with van der Waals surface area (Å²) >= 11 is 0. The van der Waals surface area contributed by atoms with Crippen molar-refractivity contribution < 1.29 is 18.9 Å². The van der Waals surface area contributed by atoms with Crippen molar-refractivity contribution in [3.63, 3.8) is 0 Å². The summed E-state index contributed by atoms with van der Waals surface area (Å²) in [6.07, 6.45) is 3.82. The van der Waals surface area contributed by atoms with E-state index in [9.17, 15) is 4.79 Å². The SMILES string of the molecule is O=C(NCc1cccc[nH+]1)c1[nH]c(N2CCOCC2)[n+]2ccccc12. The lowest BCUT2D eigenvalue weighted by atomic mass is 10.3. The zero-order chi connectivity index (χ0) is 17.1. The number of rotatable bonds is 4. The number of hydrogen-bond donors (Lipinski definition) is 2. The number of aromatic nitrogens is 3. The van der Waals surface area contributed by atoms with Crippen molar-refractivity contribution in [2.75, 3.05) is 31.2 Å². The Bertz CT molecular complexity index is 872. The Kier molecular flexibility index (Phi) is 4.30. The van der Waals surface area contributed by atoms with Crippen LogP contribution in [0.15, 0.2) is 48.8 Å². The van der Waals surface area contributed by atoms with Crippen molar-refractivity contribution in [3.8, 4) is 0 Å². The van der Waals surface area contributed by atoms with Crippen LogP contribution >= 0.6 is 0 Å². The fourth-order valence-corrected chi connectivity index (χ4v) is 3.05. The Morgan fingerprint density at radius 2 is 2.08 bits per heavy atom. The summed E-state index contributed by atoms with van der Waals surface area (Å²) in [7, 11) is 0. The van der Waals surface area contributed by atoms with Gasteiger partial charge in [-0.25, -0.2) is 14.4 Å². The minimum Gasteiger partial charge on any atom is -0.375 e. The number of pyridine rings is 2. The van der Waals surface area contributed by atoms with E-state index in [-0.39, 0.29) is 5.91 Å². The molecule has 0 unspecified atom stereocenters. The highest BCUT2D eigenvalue weighted by Crippen LogP contribution is 2.14. The summed E-state index contributed by atoms with van der Waals surface area (Å²) in [5, 5.41) is 2.97. The van der Waals surface area contributed by atoms with Gasteiger partial charge in [0.1, 0.15) is 6.54 Å². The van der Waals surface area contributed by atoms with Crippen LogP contribution in [0.2, 0.25) is 0 Å². The molecule has 25 heavy (non-hydrogen) atoms. The zero-order valence-corrected chi connectivity index (χ0v) is 13.9. The molecule has 1 amide bonds. The maximum Gasteiger partial charge on any atom is 0.363 e. The van der Waals surface area contributed by atoms with Crippen molar-refractivity contribution in [1.29, 1.82) is 0 Å². The monoisotopic (exact) mass is 339 g/mol. The highest BCUT2D eigenvalue weighted by atomic mass is 16.5. The van der Waals surface area contributed by atoms with Gasteiger partial charge in [0, 0.05) is 12.1 Å². The molecular formula is C18H21N5O2+2. The first kappa shape index (κ1) is 15.6. The molecule has 3 aromatic rings. The van der Waals surface area contributed by atoms with Gasteiger partial charge in [0.2, 0.25) is 5.69 Å². The average molecular weight is 339 g/mol. The Morgan fingerprint density at radius 3 is 2.88 bits per heavy atom. The normalized spacial score (nSPS) is 14.6.